The number of hydrogen-bond donors (Lipinski definition) is 1. The van der Waals surface area contributed by atoms with Gasteiger partial charge in [-0.05, 0) is 43.9 Å². The Bertz CT molecular complexity index is 429. The Morgan fingerprint density at radius 3 is 2.53 bits per heavy atom. The van der Waals surface area contributed by atoms with Gasteiger partial charge >= 0.3 is 0 Å². The van der Waals surface area contributed by atoms with E-state index in [1.54, 1.807) is 0 Å². The van der Waals surface area contributed by atoms with Gasteiger partial charge in [-0.25, -0.2) is 0 Å². The van der Waals surface area contributed by atoms with Crippen LogP contribution >= 0.6 is 0 Å². The molecule has 0 radical (unpaired) electrons. The van der Waals surface area contributed by atoms with Gasteiger partial charge in [-0.1, -0.05) is 39.0 Å². The molecule has 1 aromatic rings. The minimum atomic E-state index is 0.165. The predicted octanol–water partition coefficient (Wildman–Crippen LogP) is 3.56. The van der Waals surface area contributed by atoms with Crippen molar-refractivity contribution in [1.29, 1.82) is 0 Å². The van der Waals surface area contributed by atoms with Crippen LogP contribution in [0.5, 0.6) is 0 Å². The second-order valence-corrected chi connectivity index (χ2v) is 7.26. The van der Waals surface area contributed by atoms with Crippen LogP contribution in [0, 0.1) is 0 Å². The fraction of sp³-hybridized carbons (Fsp3) is 0.647. The van der Waals surface area contributed by atoms with E-state index in [9.17, 15) is 0 Å². The normalized spacial score (nSPS) is 20.2. The number of hydrogen-bond acceptors (Lipinski definition) is 2. The molecule has 0 bridgehead atoms. The third kappa shape index (κ3) is 3.11. The summed E-state index contributed by atoms with van der Waals surface area (Å²) in [7, 11) is 0. The summed E-state index contributed by atoms with van der Waals surface area (Å²) >= 11 is 0. The summed E-state index contributed by atoms with van der Waals surface area (Å²) in [5, 5.41) is 3.55. The summed E-state index contributed by atoms with van der Waals surface area (Å²) in [6.45, 7) is 14.9. The van der Waals surface area contributed by atoms with E-state index in [1.165, 1.54) is 17.7 Å². The van der Waals surface area contributed by atoms with Gasteiger partial charge in [0, 0.05) is 24.3 Å². The van der Waals surface area contributed by atoms with Crippen LogP contribution in [0.25, 0.3) is 0 Å². The average Bonchev–Trinajstić information content (AvgIpc) is 2.49. The van der Waals surface area contributed by atoms with E-state index in [1.807, 2.05) is 0 Å². The van der Waals surface area contributed by atoms with E-state index in [2.05, 4.69) is 69.1 Å². The molecule has 2 rings (SSSR count). The van der Waals surface area contributed by atoms with Gasteiger partial charge < -0.3 is 10.2 Å². The number of benzene rings is 1. The first-order valence-corrected chi connectivity index (χ1v) is 7.40. The Balaban J connectivity index is 2.45. The molecule has 1 saturated heterocycles. The van der Waals surface area contributed by atoms with Crippen LogP contribution in [0.4, 0.5) is 5.69 Å². The zero-order chi connectivity index (χ0) is 14.1. The van der Waals surface area contributed by atoms with Crippen molar-refractivity contribution in [1.82, 2.24) is 5.32 Å². The first-order chi connectivity index (χ1) is 8.82. The Morgan fingerprint density at radius 1 is 1.16 bits per heavy atom. The highest BCUT2D eigenvalue weighted by molar-refractivity contribution is 5.58. The van der Waals surface area contributed by atoms with Crippen molar-refractivity contribution in [3.63, 3.8) is 0 Å². The fourth-order valence-corrected chi connectivity index (χ4v) is 2.94. The van der Waals surface area contributed by atoms with E-state index in [0.29, 0.717) is 0 Å². The maximum Gasteiger partial charge on any atom is 0.0470 e. The Kier molecular flexibility index (Phi) is 3.91. The fourth-order valence-electron chi connectivity index (χ4n) is 2.94. The highest BCUT2D eigenvalue weighted by atomic mass is 15.2. The molecule has 0 saturated carbocycles. The van der Waals surface area contributed by atoms with Crippen molar-refractivity contribution in [3.05, 3.63) is 29.8 Å². The highest BCUT2D eigenvalue weighted by Gasteiger charge is 2.31. The molecule has 1 aliphatic heterocycles. The second kappa shape index (κ2) is 5.16. The van der Waals surface area contributed by atoms with E-state index in [-0.39, 0.29) is 11.0 Å². The quantitative estimate of drug-likeness (QED) is 0.830. The molecule has 1 heterocycles. The third-order valence-corrected chi connectivity index (χ3v) is 4.03. The lowest BCUT2D eigenvalue weighted by Gasteiger charge is -2.41. The Hall–Kier alpha value is -1.02. The summed E-state index contributed by atoms with van der Waals surface area (Å²) < 4.78 is 0. The summed E-state index contributed by atoms with van der Waals surface area (Å²) in [6.07, 6.45) is 1.21. The maximum atomic E-state index is 3.55. The number of nitrogens with zero attached hydrogens (tertiary/aromatic N) is 1. The smallest absolute Gasteiger partial charge is 0.0470 e. The zero-order valence-electron chi connectivity index (χ0n) is 13.1. The van der Waals surface area contributed by atoms with Crippen LogP contribution in [-0.2, 0) is 5.41 Å². The molecule has 19 heavy (non-hydrogen) atoms. The van der Waals surface area contributed by atoms with Gasteiger partial charge in [0.25, 0.3) is 0 Å². The summed E-state index contributed by atoms with van der Waals surface area (Å²) in [5.41, 5.74) is 3.21. The van der Waals surface area contributed by atoms with E-state index in [4.69, 9.17) is 0 Å². The third-order valence-electron chi connectivity index (χ3n) is 4.03. The van der Waals surface area contributed by atoms with Crippen molar-refractivity contribution in [2.75, 3.05) is 24.5 Å². The Labute approximate surface area is 118 Å². The van der Waals surface area contributed by atoms with Gasteiger partial charge in [-0.3, -0.25) is 0 Å². The summed E-state index contributed by atoms with van der Waals surface area (Å²) in [5.74, 6) is 0. The number of nitrogens with one attached hydrogen (secondary N) is 1. The molecule has 0 aliphatic carbocycles. The van der Waals surface area contributed by atoms with Gasteiger partial charge in [-0.15, -0.1) is 0 Å². The molecule has 1 fully saturated rings. The minimum Gasteiger partial charge on any atom is -0.365 e. The number of para-hydroxylation sites is 1. The first kappa shape index (κ1) is 14.4. The zero-order valence-corrected chi connectivity index (χ0v) is 13.1. The molecular weight excluding hydrogens is 232 g/mol. The van der Waals surface area contributed by atoms with Crippen molar-refractivity contribution < 1.29 is 0 Å². The van der Waals surface area contributed by atoms with Crippen molar-refractivity contribution in [2.45, 2.75) is 52.0 Å². The van der Waals surface area contributed by atoms with Crippen molar-refractivity contribution in [2.24, 2.45) is 0 Å². The molecule has 1 N–H and O–H groups in total. The van der Waals surface area contributed by atoms with Crippen molar-refractivity contribution in [3.8, 4) is 0 Å². The molecule has 106 valence electrons. The lowest BCUT2D eigenvalue weighted by atomic mass is 9.84. The minimum absolute atomic E-state index is 0.165. The molecule has 1 aliphatic rings. The molecular formula is C17H28N2. The van der Waals surface area contributed by atoms with Crippen LogP contribution in [-0.4, -0.2) is 25.2 Å². The highest BCUT2D eigenvalue weighted by Crippen LogP contribution is 2.35. The van der Waals surface area contributed by atoms with Gasteiger partial charge in [0.05, 0.1) is 0 Å². The standard InChI is InChI=1S/C17H28N2/c1-16(2,3)14-9-6-7-10-15(14)19-12-8-11-18-13-17(19,4)5/h6-7,9-10,18H,8,11-13H2,1-5H3. The van der Waals surface area contributed by atoms with E-state index < -0.39 is 0 Å². The van der Waals surface area contributed by atoms with Gasteiger partial charge in [0.15, 0.2) is 0 Å². The molecule has 0 aromatic heterocycles. The first-order valence-electron chi connectivity index (χ1n) is 7.40. The maximum absolute atomic E-state index is 3.55. The average molecular weight is 260 g/mol. The topological polar surface area (TPSA) is 15.3 Å². The molecule has 2 nitrogen and oxygen atoms in total. The second-order valence-electron chi connectivity index (χ2n) is 7.26. The SMILES string of the molecule is CC(C)(C)c1ccccc1N1CCCNCC1(C)C. The van der Waals surface area contributed by atoms with Gasteiger partial charge in [-0.2, -0.15) is 0 Å². The number of anilines is 1. The molecule has 0 unspecified atom stereocenters. The number of rotatable bonds is 1. The lowest BCUT2D eigenvalue weighted by molar-refractivity contribution is 0.457. The molecule has 2 heteroatoms. The molecule has 1 aromatic carbocycles. The van der Waals surface area contributed by atoms with Crippen LogP contribution in [0.3, 0.4) is 0 Å². The molecule has 0 amide bonds. The van der Waals surface area contributed by atoms with Crippen LogP contribution in [0.2, 0.25) is 0 Å². The van der Waals surface area contributed by atoms with Gasteiger partial charge in [0.1, 0.15) is 0 Å². The summed E-state index contributed by atoms with van der Waals surface area (Å²) in [6, 6.07) is 8.89. The molecule has 0 atom stereocenters. The van der Waals surface area contributed by atoms with E-state index in [0.717, 1.165) is 19.6 Å². The van der Waals surface area contributed by atoms with Crippen LogP contribution < -0.4 is 10.2 Å². The van der Waals surface area contributed by atoms with Crippen molar-refractivity contribution >= 4 is 5.69 Å². The predicted molar refractivity (Wildman–Crippen MR) is 84.1 cm³/mol. The largest absolute Gasteiger partial charge is 0.365 e. The van der Waals surface area contributed by atoms with E-state index >= 15 is 0 Å². The Morgan fingerprint density at radius 2 is 1.84 bits per heavy atom. The van der Waals surface area contributed by atoms with Crippen LogP contribution in [0.1, 0.15) is 46.6 Å². The van der Waals surface area contributed by atoms with Gasteiger partial charge in [0.2, 0.25) is 0 Å². The monoisotopic (exact) mass is 260 g/mol. The summed E-state index contributed by atoms with van der Waals surface area (Å²) in [4.78, 5) is 2.59. The lowest BCUT2D eigenvalue weighted by Crippen LogP contribution is -2.49. The van der Waals surface area contributed by atoms with Crippen LogP contribution in [0.15, 0.2) is 24.3 Å². The molecule has 0 spiro atoms.